The molecule has 16 heteroatoms. The second-order valence-electron chi connectivity index (χ2n) is 10.6. The molecule has 1 unspecified atom stereocenters. The number of halogens is 6. The molecule has 0 radical (unpaired) electrons. The molecule has 2 amide bonds. The number of alkyl halides is 3. The largest absolute Gasteiger partial charge is 0.390 e. The third-order valence-corrected chi connectivity index (χ3v) is 9.30. The molecule has 9 nitrogen and oxygen atoms in total. The van der Waals surface area contributed by atoms with E-state index in [1.165, 1.54) is 12.1 Å². The van der Waals surface area contributed by atoms with Crippen LogP contribution in [0.3, 0.4) is 0 Å². The first kappa shape index (κ1) is 32.9. The fourth-order valence-corrected chi connectivity index (χ4v) is 6.58. The number of anilines is 2. The fourth-order valence-electron chi connectivity index (χ4n) is 5.04. The minimum Gasteiger partial charge on any atom is -0.367 e. The van der Waals surface area contributed by atoms with Gasteiger partial charge in [0.05, 0.1) is 34.9 Å². The zero-order valence-corrected chi connectivity index (χ0v) is 24.7. The molecule has 0 spiro atoms. The highest BCUT2D eigenvalue weighted by molar-refractivity contribution is 7.91. The van der Waals surface area contributed by atoms with E-state index >= 15 is 4.39 Å². The van der Waals surface area contributed by atoms with Crippen molar-refractivity contribution >= 4 is 44.6 Å². The van der Waals surface area contributed by atoms with E-state index in [2.05, 4.69) is 16.0 Å². The summed E-state index contributed by atoms with van der Waals surface area (Å²) in [7, 11) is -3.39. The normalized spacial score (nSPS) is 21.0. The van der Waals surface area contributed by atoms with Gasteiger partial charge in [0.25, 0.3) is 5.91 Å². The Bertz CT molecular complexity index is 1480. The molecule has 0 aromatic heterocycles. The van der Waals surface area contributed by atoms with Crippen LogP contribution in [-0.2, 0) is 21.2 Å². The molecule has 2 aliphatic heterocycles. The quantitative estimate of drug-likeness (QED) is 0.376. The number of rotatable bonds is 8. The summed E-state index contributed by atoms with van der Waals surface area (Å²) in [5.41, 5.74) is -0.123. The number of carbonyl (C=O) groups excluding carboxylic acids is 2. The maximum absolute atomic E-state index is 15.0. The second-order valence-corrected chi connectivity index (χ2v) is 13.2. The number of carbonyl (C=O) groups is 2. The van der Waals surface area contributed by atoms with Gasteiger partial charge in [-0.05, 0) is 31.2 Å². The van der Waals surface area contributed by atoms with E-state index in [-0.39, 0.29) is 36.1 Å². The van der Waals surface area contributed by atoms with Crippen LogP contribution >= 0.6 is 11.6 Å². The number of amides is 2. The number of piperazine rings is 1. The zero-order chi connectivity index (χ0) is 31.5. The van der Waals surface area contributed by atoms with Crippen molar-refractivity contribution in [3.8, 4) is 0 Å². The zero-order valence-electron chi connectivity index (χ0n) is 23.1. The van der Waals surface area contributed by atoms with E-state index in [1.54, 1.807) is 17.9 Å². The standard InChI is InChI=1S/C27H31ClF5N5O4S/c1-16-14-38(10-9-37(16)8-6-27(31,32)33)22-12-18(28)3-5-20(22)36-25(39)19-4-2-17(23(29)24(19)30)13-35-26(40)21-15-43(41,42)11-7-34-21/h2-5,12,16,21,34H,6-11,13-15H2,1H3,(H,35,40)(H,36,39)/t16-,21?/m1/s1. The summed E-state index contributed by atoms with van der Waals surface area (Å²) in [6.45, 7) is 2.34. The van der Waals surface area contributed by atoms with Gasteiger partial charge in [0, 0.05) is 55.9 Å². The number of benzene rings is 2. The van der Waals surface area contributed by atoms with Gasteiger partial charge in [-0.2, -0.15) is 13.2 Å². The molecule has 0 saturated carbocycles. The van der Waals surface area contributed by atoms with Gasteiger partial charge in [-0.3, -0.25) is 14.5 Å². The third-order valence-electron chi connectivity index (χ3n) is 7.40. The van der Waals surface area contributed by atoms with Crippen molar-refractivity contribution in [2.45, 2.75) is 38.1 Å². The lowest BCUT2D eigenvalue weighted by atomic mass is 10.1. The molecule has 43 heavy (non-hydrogen) atoms. The predicted molar refractivity (Wildman–Crippen MR) is 152 cm³/mol. The summed E-state index contributed by atoms with van der Waals surface area (Å²) < 4.78 is 91.5. The highest BCUT2D eigenvalue weighted by atomic mass is 35.5. The lowest BCUT2D eigenvalue weighted by molar-refractivity contribution is -0.139. The lowest BCUT2D eigenvalue weighted by Gasteiger charge is -2.41. The molecular weight excluding hydrogens is 621 g/mol. The SMILES string of the molecule is C[C@@H]1CN(c2cc(Cl)ccc2NC(=O)c2ccc(CNC(=O)C3CS(=O)(=O)CCN3)c(F)c2F)CCN1CCC(F)(F)F. The lowest BCUT2D eigenvalue weighted by Crippen LogP contribution is -2.53. The van der Waals surface area contributed by atoms with Gasteiger partial charge >= 0.3 is 6.18 Å². The molecular formula is C27H31ClF5N5O4S. The Morgan fingerprint density at radius 2 is 1.86 bits per heavy atom. The molecule has 2 aromatic rings. The minimum absolute atomic E-state index is 0.0970. The van der Waals surface area contributed by atoms with Gasteiger partial charge in [0.2, 0.25) is 5.91 Å². The first-order valence-electron chi connectivity index (χ1n) is 13.5. The Kier molecular flexibility index (Phi) is 10.2. The van der Waals surface area contributed by atoms with Crippen molar-refractivity contribution in [2.75, 3.05) is 54.4 Å². The molecule has 2 heterocycles. The maximum atomic E-state index is 15.0. The Hall–Kier alpha value is -3.01. The highest BCUT2D eigenvalue weighted by Crippen LogP contribution is 2.32. The average Bonchev–Trinajstić information content (AvgIpc) is 2.92. The Morgan fingerprint density at radius 1 is 1.12 bits per heavy atom. The number of sulfone groups is 1. The van der Waals surface area contributed by atoms with Crippen LogP contribution in [-0.4, -0.2) is 87.6 Å². The summed E-state index contributed by atoms with van der Waals surface area (Å²) >= 11 is 6.19. The van der Waals surface area contributed by atoms with Crippen molar-refractivity contribution in [1.29, 1.82) is 0 Å². The molecule has 2 atom stereocenters. The second kappa shape index (κ2) is 13.3. The van der Waals surface area contributed by atoms with Crippen molar-refractivity contribution in [1.82, 2.24) is 15.5 Å². The van der Waals surface area contributed by atoms with Gasteiger partial charge in [-0.15, -0.1) is 0 Å². The maximum Gasteiger partial charge on any atom is 0.390 e. The minimum atomic E-state index is -4.26. The van der Waals surface area contributed by atoms with E-state index in [9.17, 15) is 35.6 Å². The van der Waals surface area contributed by atoms with E-state index in [0.717, 1.165) is 12.1 Å². The molecule has 2 saturated heterocycles. The van der Waals surface area contributed by atoms with Crippen molar-refractivity contribution in [2.24, 2.45) is 0 Å². The van der Waals surface area contributed by atoms with E-state index in [4.69, 9.17) is 11.6 Å². The summed E-state index contributed by atoms with van der Waals surface area (Å²) in [5, 5.41) is 8.05. The van der Waals surface area contributed by atoms with Crippen LogP contribution in [0, 0.1) is 11.6 Å². The van der Waals surface area contributed by atoms with Crippen LogP contribution in [0.5, 0.6) is 0 Å². The fraction of sp³-hybridized carbons (Fsp3) is 0.481. The van der Waals surface area contributed by atoms with Crippen LogP contribution in [0.25, 0.3) is 0 Å². The van der Waals surface area contributed by atoms with Gasteiger partial charge < -0.3 is 20.9 Å². The van der Waals surface area contributed by atoms with E-state index < -0.39 is 69.8 Å². The molecule has 236 valence electrons. The van der Waals surface area contributed by atoms with Crippen LogP contribution in [0.15, 0.2) is 30.3 Å². The molecule has 3 N–H and O–H groups in total. The molecule has 4 rings (SSSR count). The monoisotopic (exact) mass is 651 g/mol. The van der Waals surface area contributed by atoms with Crippen molar-refractivity contribution in [3.05, 3.63) is 58.1 Å². The Morgan fingerprint density at radius 3 is 2.53 bits per heavy atom. The smallest absolute Gasteiger partial charge is 0.367 e. The molecule has 2 fully saturated rings. The van der Waals surface area contributed by atoms with Gasteiger partial charge in [0.15, 0.2) is 21.5 Å². The summed E-state index contributed by atoms with van der Waals surface area (Å²) in [6, 6.07) is 5.52. The van der Waals surface area contributed by atoms with Crippen molar-refractivity contribution < 1.29 is 40.0 Å². The van der Waals surface area contributed by atoms with Crippen LogP contribution < -0.4 is 20.9 Å². The molecule has 2 aliphatic rings. The third kappa shape index (κ3) is 8.55. The van der Waals surface area contributed by atoms with Crippen molar-refractivity contribution in [3.63, 3.8) is 0 Å². The van der Waals surface area contributed by atoms with Crippen LogP contribution in [0.1, 0.15) is 29.3 Å². The first-order valence-corrected chi connectivity index (χ1v) is 15.7. The van der Waals surface area contributed by atoms with Crippen LogP contribution in [0.2, 0.25) is 5.02 Å². The van der Waals surface area contributed by atoms with Gasteiger partial charge in [-0.1, -0.05) is 17.7 Å². The predicted octanol–water partition coefficient (Wildman–Crippen LogP) is 3.34. The first-order chi connectivity index (χ1) is 20.1. The van der Waals surface area contributed by atoms with Gasteiger partial charge in [0.1, 0.15) is 6.04 Å². The van der Waals surface area contributed by atoms with Gasteiger partial charge in [-0.25, -0.2) is 17.2 Å². The topological polar surface area (TPSA) is 111 Å². The average molecular weight is 652 g/mol. The van der Waals surface area contributed by atoms with Crippen LogP contribution in [0.4, 0.5) is 33.3 Å². The Balaban J connectivity index is 1.43. The summed E-state index contributed by atoms with van der Waals surface area (Å²) in [6.07, 6.45) is -5.19. The Labute approximate surface area is 250 Å². The molecule has 0 aliphatic carbocycles. The molecule has 2 aromatic carbocycles. The number of hydrogen-bond donors (Lipinski definition) is 3. The number of nitrogens with zero attached hydrogens (tertiary/aromatic N) is 2. The molecule has 0 bridgehead atoms. The summed E-state index contributed by atoms with van der Waals surface area (Å²) in [4.78, 5) is 29.0. The highest BCUT2D eigenvalue weighted by Gasteiger charge is 2.32. The number of nitrogens with one attached hydrogen (secondary N) is 3. The van der Waals surface area contributed by atoms with E-state index in [0.29, 0.717) is 30.3 Å². The summed E-state index contributed by atoms with van der Waals surface area (Å²) in [5.74, 6) is -4.94. The number of hydrogen-bond acceptors (Lipinski definition) is 7. The van der Waals surface area contributed by atoms with E-state index in [1.807, 2.05) is 4.90 Å².